The van der Waals surface area contributed by atoms with E-state index in [1.54, 1.807) is 11.3 Å². The van der Waals surface area contributed by atoms with Crippen LogP contribution >= 0.6 is 11.3 Å². The van der Waals surface area contributed by atoms with E-state index in [0.29, 0.717) is 18.7 Å². The Hall–Kier alpha value is -1.49. The zero-order chi connectivity index (χ0) is 15.2. The molecule has 0 atom stereocenters. The molecule has 3 rings (SSSR count). The summed E-state index contributed by atoms with van der Waals surface area (Å²) >= 11 is 1.75. The number of carbonyl (C=O) groups is 1. The number of fused-ring (bicyclic) bond motifs is 1. The standard InChI is InChI=1S/C16H21N3OS/c1-10-15(16(2,3)4)21-13(17-10)9-19-8-11-6-5-7-12(20)14(11)18-19/h8H,5-7,9H2,1-4H3. The predicted octanol–water partition coefficient (Wildman–Crippen LogP) is 3.51. The van der Waals surface area contributed by atoms with Crippen molar-refractivity contribution >= 4 is 17.1 Å². The van der Waals surface area contributed by atoms with Crippen molar-refractivity contribution in [3.63, 3.8) is 0 Å². The SMILES string of the molecule is Cc1nc(Cn2cc3c(n2)C(=O)CCC3)sc1C(C)(C)C. The maximum absolute atomic E-state index is 11.9. The van der Waals surface area contributed by atoms with Crippen molar-refractivity contribution in [2.75, 3.05) is 0 Å². The van der Waals surface area contributed by atoms with Crippen molar-refractivity contribution in [3.8, 4) is 0 Å². The van der Waals surface area contributed by atoms with Gasteiger partial charge < -0.3 is 0 Å². The number of carbonyl (C=O) groups excluding carboxylic acids is 1. The highest BCUT2D eigenvalue weighted by molar-refractivity contribution is 7.11. The summed E-state index contributed by atoms with van der Waals surface area (Å²) in [6, 6.07) is 0. The minimum Gasteiger partial charge on any atom is -0.292 e. The van der Waals surface area contributed by atoms with E-state index in [4.69, 9.17) is 0 Å². The fourth-order valence-corrected chi connectivity index (χ4v) is 3.99. The van der Waals surface area contributed by atoms with Crippen LogP contribution in [0.2, 0.25) is 0 Å². The van der Waals surface area contributed by atoms with Crippen LogP contribution in [0.25, 0.3) is 0 Å². The van der Waals surface area contributed by atoms with Crippen LogP contribution < -0.4 is 0 Å². The second-order valence-electron chi connectivity index (χ2n) is 6.75. The minimum absolute atomic E-state index is 0.124. The molecule has 5 heteroatoms. The molecular weight excluding hydrogens is 282 g/mol. The van der Waals surface area contributed by atoms with Gasteiger partial charge in [0.25, 0.3) is 0 Å². The molecule has 0 aliphatic heterocycles. The first-order valence-corrected chi connectivity index (χ1v) is 8.22. The van der Waals surface area contributed by atoms with E-state index in [2.05, 4.69) is 37.8 Å². The first kappa shape index (κ1) is 14.4. The molecule has 0 saturated carbocycles. The van der Waals surface area contributed by atoms with Gasteiger partial charge in [0, 0.05) is 23.1 Å². The lowest BCUT2D eigenvalue weighted by atomic mass is 9.94. The zero-order valence-corrected chi connectivity index (χ0v) is 13.9. The summed E-state index contributed by atoms with van der Waals surface area (Å²) in [4.78, 5) is 17.8. The lowest BCUT2D eigenvalue weighted by Crippen LogP contribution is -2.10. The molecule has 0 fully saturated rings. The maximum Gasteiger partial charge on any atom is 0.183 e. The van der Waals surface area contributed by atoms with Gasteiger partial charge in [0.05, 0.1) is 12.2 Å². The Labute approximate surface area is 129 Å². The molecular formula is C16H21N3OS. The molecule has 2 aromatic heterocycles. The summed E-state index contributed by atoms with van der Waals surface area (Å²) in [7, 11) is 0. The summed E-state index contributed by atoms with van der Waals surface area (Å²) < 4.78 is 1.87. The third-order valence-corrected chi connectivity index (χ3v) is 5.34. The van der Waals surface area contributed by atoms with Crippen LogP contribution in [0.5, 0.6) is 0 Å². The quantitative estimate of drug-likeness (QED) is 0.853. The molecule has 21 heavy (non-hydrogen) atoms. The van der Waals surface area contributed by atoms with E-state index < -0.39 is 0 Å². The monoisotopic (exact) mass is 303 g/mol. The van der Waals surface area contributed by atoms with Crippen LogP contribution in [0, 0.1) is 6.92 Å². The first-order chi connectivity index (χ1) is 9.84. The molecule has 0 spiro atoms. The molecule has 1 aliphatic rings. The molecule has 2 heterocycles. The Bertz CT molecular complexity index is 691. The molecule has 0 amide bonds. The van der Waals surface area contributed by atoms with Gasteiger partial charge in [-0.15, -0.1) is 11.3 Å². The van der Waals surface area contributed by atoms with Crippen LogP contribution in [0.1, 0.15) is 65.2 Å². The average Bonchev–Trinajstić information content (AvgIpc) is 2.93. The number of thiazole rings is 1. The smallest absolute Gasteiger partial charge is 0.183 e. The molecule has 112 valence electrons. The van der Waals surface area contributed by atoms with E-state index in [9.17, 15) is 4.79 Å². The predicted molar refractivity (Wildman–Crippen MR) is 84.1 cm³/mol. The molecule has 0 radical (unpaired) electrons. The van der Waals surface area contributed by atoms with Crippen molar-refractivity contribution in [1.29, 1.82) is 0 Å². The van der Waals surface area contributed by atoms with Crippen molar-refractivity contribution in [2.45, 2.75) is 58.9 Å². The van der Waals surface area contributed by atoms with Gasteiger partial charge in [-0.3, -0.25) is 9.48 Å². The van der Waals surface area contributed by atoms with Crippen LogP contribution in [0.3, 0.4) is 0 Å². The van der Waals surface area contributed by atoms with Crippen LogP contribution in [-0.2, 0) is 18.4 Å². The average molecular weight is 303 g/mol. The number of nitrogens with zero attached hydrogens (tertiary/aromatic N) is 3. The molecule has 0 bridgehead atoms. The number of ketones is 1. The van der Waals surface area contributed by atoms with Crippen LogP contribution in [-0.4, -0.2) is 20.5 Å². The molecule has 2 aromatic rings. The number of hydrogen-bond donors (Lipinski definition) is 0. The van der Waals surface area contributed by atoms with E-state index in [1.165, 1.54) is 4.88 Å². The fourth-order valence-electron chi connectivity index (χ4n) is 2.87. The van der Waals surface area contributed by atoms with E-state index >= 15 is 0 Å². The number of aromatic nitrogens is 3. The third kappa shape index (κ3) is 2.79. The Morgan fingerprint density at radius 2 is 2.10 bits per heavy atom. The molecule has 4 nitrogen and oxygen atoms in total. The van der Waals surface area contributed by atoms with Crippen LogP contribution in [0.15, 0.2) is 6.20 Å². The van der Waals surface area contributed by atoms with Gasteiger partial charge in [-0.25, -0.2) is 4.98 Å². The second-order valence-corrected chi connectivity index (χ2v) is 7.83. The second kappa shape index (κ2) is 5.05. The topological polar surface area (TPSA) is 47.8 Å². The number of Topliss-reactive ketones (excluding diaryl/α,β-unsaturated/α-hetero) is 1. The molecule has 0 unspecified atom stereocenters. The third-order valence-electron chi connectivity index (χ3n) is 3.77. The lowest BCUT2D eigenvalue weighted by Gasteiger charge is -2.16. The van der Waals surface area contributed by atoms with E-state index in [-0.39, 0.29) is 11.2 Å². The van der Waals surface area contributed by atoms with Gasteiger partial charge in [-0.1, -0.05) is 20.8 Å². The Morgan fingerprint density at radius 3 is 2.71 bits per heavy atom. The first-order valence-electron chi connectivity index (χ1n) is 7.41. The number of rotatable bonds is 2. The summed E-state index contributed by atoms with van der Waals surface area (Å²) in [5.41, 5.74) is 3.00. The Kier molecular flexibility index (Phi) is 3.48. The molecule has 0 aromatic carbocycles. The van der Waals surface area contributed by atoms with Crippen molar-refractivity contribution in [3.05, 3.63) is 33.0 Å². The van der Waals surface area contributed by atoms with Crippen molar-refractivity contribution in [1.82, 2.24) is 14.8 Å². The van der Waals surface area contributed by atoms with Gasteiger partial charge in [0.15, 0.2) is 5.78 Å². The highest BCUT2D eigenvalue weighted by Gasteiger charge is 2.23. The molecule has 0 N–H and O–H groups in total. The van der Waals surface area contributed by atoms with Crippen molar-refractivity contribution < 1.29 is 4.79 Å². The summed E-state index contributed by atoms with van der Waals surface area (Å²) in [6.45, 7) is 9.35. The Morgan fingerprint density at radius 1 is 1.33 bits per heavy atom. The normalized spacial score (nSPS) is 15.3. The van der Waals surface area contributed by atoms with Gasteiger partial charge in [0.2, 0.25) is 0 Å². The largest absolute Gasteiger partial charge is 0.292 e. The minimum atomic E-state index is 0.124. The van der Waals surface area contributed by atoms with E-state index in [0.717, 1.165) is 29.1 Å². The lowest BCUT2D eigenvalue weighted by molar-refractivity contribution is 0.0967. The van der Waals surface area contributed by atoms with Gasteiger partial charge in [-0.05, 0) is 25.2 Å². The maximum atomic E-state index is 11.9. The highest BCUT2D eigenvalue weighted by Crippen LogP contribution is 2.31. The summed E-state index contributed by atoms with van der Waals surface area (Å²) in [6.07, 6.45) is 4.56. The zero-order valence-electron chi connectivity index (χ0n) is 13.1. The highest BCUT2D eigenvalue weighted by atomic mass is 32.1. The summed E-state index contributed by atoms with van der Waals surface area (Å²) in [5, 5.41) is 5.52. The van der Waals surface area contributed by atoms with Gasteiger partial charge in [0.1, 0.15) is 10.7 Å². The van der Waals surface area contributed by atoms with E-state index in [1.807, 2.05) is 10.9 Å². The molecule has 1 aliphatic carbocycles. The van der Waals surface area contributed by atoms with Crippen LogP contribution in [0.4, 0.5) is 0 Å². The Balaban J connectivity index is 1.86. The van der Waals surface area contributed by atoms with Gasteiger partial charge in [-0.2, -0.15) is 5.10 Å². The number of hydrogen-bond acceptors (Lipinski definition) is 4. The number of aryl methyl sites for hydroxylation is 2. The van der Waals surface area contributed by atoms with Gasteiger partial charge >= 0.3 is 0 Å². The summed E-state index contributed by atoms with van der Waals surface area (Å²) in [5.74, 6) is 0.181. The molecule has 0 saturated heterocycles. The van der Waals surface area contributed by atoms with Crippen molar-refractivity contribution in [2.24, 2.45) is 0 Å². The fraction of sp³-hybridized carbons (Fsp3) is 0.562.